The first-order valence-corrected chi connectivity index (χ1v) is 13.8. The highest BCUT2D eigenvalue weighted by atomic mass is 28.3. The van der Waals surface area contributed by atoms with Gasteiger partial charge in [-0.1, -0.05) is 97.1 Å². The number of hydrogen-bond donors (Lipinski definition) is 0. The highest BCUT2D eigenvalue weighted by Crippen LogP contribution is 2.37. The summed E-state index contributed by atoms with van der Waals surface area (Å²) in [6.45, 7) is 4.46. The Morgan fingerprint density at radius 3 is 1.97 bits per heavy atom. The van der Waals surface area contributed by atoms with Gasteiger partial charge in [-0.2, -0.15) is 0 Å². The van der Waals surface area contributed by atoms with Crippen LogP contribution in [-0.4, -0.2) is 17.5 Å². The molecule has 0 radical (unpaired) electrons. The quantitative estimate of drug-likeness (QED) is 0.279. The number of fused-ring (bicyclic) bond motifs is 3. The van der Waals surface area contributed by atoms with Gasteiger partial charge < -0.3 is 0 Å². The molecule has 1 aliphatic rings. The molecule has 4 aromatic carbocycles. The molecule has 0 aliphatic carbocycles. The van der Waals surface area contributed by atoms with Crippen LogP contribution in [0.2, 0.25) is 0 Å². The van der Waals surface area contributed by atoms with Crippen molar-refractivity contribution in [1.29, 1.82) is 0 Å². The molecule has 33 heavy (non-hydrogen) atoms. The lowest BCUT2D eigenvalue weighted by Crippen LogP contribution is -2.71. The van der Waals surface area contributed by atoms with Crippen LogP contribution in [0.1, 0.15) is 16.8 Å². The first-order valence-electron chi connectivity index (χ1n) is 11.6. The molecule has 0 spiro atoms. The SMILES string of the molecule is Cc1nc2c3ccccc3c3c(C)ccc4c3n2c1[Si](c1ccccc1)(c1ccccc1)C4. The largest absolute Gasteiger partial charge is 0.299 e. The smallest absolute Gasteiger partial charge is 0.176 e. The van der Waals surface area contributed by atoms with E-state index in [-0.39, 0.29) is 0 Å². The summed E-state index contributed by atoms with van der Waals surface area (Å²) < 4.78 is 2.55. The normalized spacial score (nSPS) is 14.5. The molecule has 158 valence electrons. The molecule has 2 aromatic heterocycles. The van der Waals surface area contributed by atoms with Crippen LogP contribution in [0, 0.1) is 13.8 Å². The van der Waals surface area contributed by atoms with E-state index >= 15 is 0 Å². The van der Waals surface area contributed by atoms with Gasteiger partial charge in [0.1, 0.15) is 5.65 Å². The van der Waals surface area contributed by atoms with Crippen molar-refractivity contribution < 1.29 is 0 Å². The van der Waals surface area contributed by atoms with Gasteiger partial charge in [-0.05, 0) is 46.8 Å². The third-order valence-electron chi connectivity index (χ3n) is 7.58. The number of rotatable bonds is 2. The van der Waals surface area contributed by atoms with E-state index in [9.17, 15) is 0 Å². The molecular formula is C30H24N2Si. The molecule has 2 nitrogen and oxygen atoms in total. The molecule has 0 atom stereocenters. The zero-order valence-electron chi connectivity index (χ0n) is 18.8. The van der Waals surface area contributed by atoms with Gasteiger partial charge in [-0.25, -0.2) is 4.98 Å². The summed E-state index contributed by atoms with van der Waals surface area (Å²) >= 11 is 0. The number of imidazole rings is 1. The number of hydrogen-bond acceptors (Lipinski definition) is 1. The maximum Gasteiger partial charge on any atom is 0.176 e. The number of pyridine rings is 1. The monoisotopic (exact) mass is 440 g/mol. The summed E-state index contributed by atoms with van der Waals surface area (Å²) in [6.07, 6.45) is 0. The lowest BCUT2D eigenvalue weighted by atomic mass is 9.99. The van der Waals surface area contributed by atoms with E-state index in [1.54, 1.807) is 0 Å². The molecule has 3 heterocycles. The van der Waals surface area contributed by atoms with Gasteiger partial charge in [0.2, 0.25) is 0 Å². The number of aromatic nitrogens is 2. The average molecular weight is 441 g/mol. The third-order valence-corrected chi connectivity index (χ3v) is 12.5. The van der Waals surface area contributed by atoms with Crippen LogP contribution in [0.4, 0.5) is 0 Å². The van der Waals surface area contributed by atoms with Crippen LogP contribution in [0.15, 0.2) is 97.1 Å². The Bertz CT molecular complexity index is 1660. The number of benzene rings is 4. The Labute approximate surface area is 194 Å². The molecule has 0 fully saturated rings. The molecule has 1 aliphatic heterocycles. The van der Waals surface area contributed by atoms with Crippen molar-refractivity contribution in [3.05, 3.63) is 114 Å². The van der Waals surface area contributed by atoms with Crippen LogP contribution in [0.5, 0.6) is 0 Å². The van der Waals surface area contributed by atoms with E-state index in [4.69, 9.17) is 4.98 Å². The topological polar surface area (TPSA) is 17.3 Å². The number of aryl methyl sites for hydroxylation is 2. The minimum absolute atomic E-state index is 1.05. The van der Waals surface area contributed by atoms with Gasteiger partial charge in [-0.3, -0.25) is 4.40 Å². The molecule has 0 saturated carbocycles. The second-order valence-electron chi connectivity index (χ2n) is 9.33. The van der Waals surface area contributed by atoms with Crippen molar-refractivity contribution in [2.45, 2.75) is 19.9 Å². The highest BCUT2D eigenvalue weighted by Gasteiger charge is 2.46. The maximum absolute atomic E-state index is 5.27. The fraction of sp³-hybridized carbons (Fsp3) is 0.100. The Kier molecular flexibility index (Phi) is 3.80. The molecule has 0 unspecified atom stereocenters. The minimum atomic E-state index is -2.36. The van der Waals surface area contributed by atoms with Crippen molar-refractivity contribution in [3.8, 4) is 0 Å². The van der Waals surface area contributed by atoms with Gasteiger partial charge in [0.15, 0.2) is 8.07 Å². The molecule has 0 amide bonds. The van der Waals surface area contributed by atoms with Crippen LogP contribution in [-0.2, 0) is 6.04 Å². The Hall–Kier alpha value is -3.69. The molecule has 7 rings (SSSR count). The van der Waals surface area contributed by atoms with E-state index in [1.165, 1.54) is 54.2 Å². The average Bonchev–Trinajstić information content (AvgIpc) is 3.23. The van der Waals surface area contributed by atoms with Crippen molar-refractivity contribution in [1.82, 2.24) is 9.38 Å². The van der Waals surface area contributed by atoms with Crippen LogP contribution < -0.4 is 15.7 Å². The Morgan fingerprint density at radius 1 is 0.697 bits per heavy atom. The Balaban J connectivity index is 1.77. The second-order valence-corrected chi connectivity index (χ2v) is 13.1. The van der Waals surface area contributed by atoms with Crippen molar-refractivity contribution in [2.24, 2.45) is 0 Å². The summed E-state index contributed by atoms with van der Waals surface area (Å²) in [6, 6.07) is 37.0. The van der Waals surface area contributed by atoms with Crippen molar-refractivity contribution in [3.63, 3.8) is 0 Å². The molecule has 0 saturated heterocycles. The van der Waals surface area contributed by atoms with Crippen molar-refractivity contribution in [2.75, 3.05) is 0 Å². The fourth-order valence-corrected chi connectivity index (χ4v) is 11.4. The summed E-state index contributed by atoms with van der Waals surface area (Å²) in [5.74, 6) is 0. The number of nitrogens with zero attached hydrogens (tertiary/aromatic N) is 2. The lowest BCUT2D eigenvalue weighted by Gasteiger charge is -2.37. The van der Waals surface area contributed by atoms with E-state index in [1.807, 2.05) is 0 Å². The highest BCUT2D eigenvalue weighted by molar-refractivity contribution is 7.11. The lowest BCUT2D eigenvalue weighted by molar-refractivity contribution is 1.20. The second kappa shape index (κ2) is 6.66. The third kappa shape index (κ3) is 2.35. The standard InChI is InChI=1S/C30H24N2Si/c1-20-17-18-22-19-33(23-11-5-3-6-12-23,24-13-7-4-8-14-24)30-21(2)31-29-26-16-10-9-15-25(26)27(20)28(22)32(29)30/h3-18H,19H2,1-2H3. The first-order chi connectivity index (χ1) is 16.2. The summed E-state index contributed by atoms with van der Waals surface area (Å²) in [7, 11) is -2.36. The minimum Gasteiger partial charge on any atom is -0.299 e. The summed E-state index contributed by atoms with van der Waals surface area (Å²) in [5, 5.41) is 8.26. The van der Waals surface area contributed by atoms with Gasteiger partial charge in [0.25, 0.3) is 0 Å². The van der Waals surface area contributed by atoms with Crippen LogP contribution >= 0.6 is 0 Å². The van der Waals surface area contributed by atoms with Gasteiger partial charge in [0.05, 0.1) is 11.2 Å². The predicted molar refractivity (Wildman–Crippen MR) is 141 cm³/mol. The maximum atomic E-state index is 5.27. The molecule has 3 heteroatoms. The zero-order valence-corrected chi connectivity index (χ0v) is 19.8. The van der Waals surface area contributed by atoms with E-state index in [2.05, 4.69) is 115 Å². The van der Waals surface area contributed by atoms with Crippen LogP contribution in [0.3, 0.4) is 0 Å². The fourth-order valence-electron chi connectivity index (χ4n) is 6.26. The molecule has 0 N–H and O–H groups in total. The summed E-state index contributed by atoms with van der Waals surface area (Å²) in [4.78, 5) is 5.27. The van der Waals surface area contributed by atoms with E-state index in [0.29, 0.717) is 0 Å². The molecule has 6 aromatic rings. The zero-order chi connectivity index (χ0) is 22.2. The predicted octanol–water partition coefficient (Wildman–Crippen LogP) is 4.82. The van der Waals surface area contributed by atoms with Gasteiger partial charge in [0, 0.05) is 16.1 Å². The summed E-state index contributed by atoms with van der Waals surface area (Å²) in [5.41, 5.74) is 6.39. The van der Waals surface area contributed by atoms with Gasteiger partial charge >= 0.3 is 0 Å². The first kappa shape index (κ1) is 18.8. The van der Waals surface area contributed by atoms with Gasteiger partial charge in [-0.15, -0.1) is 0 Å². The molecular weight excluding hydrogens is 416 g/mol. The Morgan fingerprint density at radius 2 is 1.30 bits per heavy atom. The van der Waals surface area contributed by atoms with E-state index in [0.717, 1.165) is 11.7 Å². The van der Waals surface area contributed by atoms with Crippen LogP contribution in [0.25, 0.3) is 27.3 Å². The van der Waals surface area contributed by atoms with Crippen molar-refractivity contribution >= 4 is 51.1 Å². The van der Waals surface area contributed by atoms with E-state index < -0.39 is 8.07 Å². The molecule has 0 bridgehead atoms.